The largest absolute Gasteiger partial charge is 0.496 e. The molecule has 0 bridgehead atoms. The third-order valence-corrected chi connectivity index (χ3v) is 3.12. The topological polar surface area (TPSA) is 71.2 Å². The molecule has 2 aromatic rings. The molecule has 0 aliphatic heterocycles. The summed E-state index contributed by atoms with van der Waals surface area (Å²) in [6.45, 7) is 0.237. The van der Waals surface area contributed by atoms with Crippen LogP contribution in [-0.2, 0) is 6.54 Å². The second kappa shape index (κ2) is 6.25. The van der Waals surface area contributed by atoms with Gasteiger partial charge < -0.3 is 15.0 Å². The lowest BCUT2D eigenvalue weighted by molar-refractivity contribution is 0.0950. The zero-order valence-corrected chi connectivity index (χ0v) is 11.5. The maximum absolute atomic E-state index is 11.9. The molecule has 20 heavy (non-hydrogen) atoms. The molecule has 6 heteroatoms. The van der Waals surface area contributed by atoms with Gasteiger partial charge in [0.05, 0.1) is 12.7 Å². The second-order valence-corrected chi connectivity index (χ2v) is 4.45. The minimum absolute atomic E-state index is 0.237. The zero-order valence-electron chi connectivity index (χ0n) is 10.8. The summed E-state index contributed by atoms with van der Waals surface area (Å²) in [5.41, 5.74) is 0.819. The highest BCUT2D eigenvalue weighted by Gasteiger charge is 2.10. The molecule has 2 rings (SSSR count). The number of hydrogen-bond donors (Lipinski definition) is 2. The van der Waals surface area contributed by atoms with Gasteiger partial charge in [-0.1, -0.05) is 17.7 Å². The number of H-pyrrole nitrogens is 1. The first-order chi connectivity index (χ1) is 9.61. The Balaban J connectivity index is 2.11. The first kappa shape index (κ1) is 14.1. The zero-order chi connectivity index (χ0) is 14.5. The van der Waals surface area contributed by atoms with Crippen LogP contribution in [0.1, 0.15) is 15.9 Å². The van der Waals surface area contributed by atoms with Crippen molar-refractivity contribution in [1.29, 1.82) is 0 Å². The molecule has 1 amide bonds. The quantitative estimate of drug-likeness (QED) is 0.905. The summed E-state index contributed by atoms with van der Waals surface area (Å²) < 4.78 is 5.20. The van der Waals surface area contributed by atoms with Crippen molar-refractivity contribution in [1.82, 2.24) is 10.3 Å². The molecule has 0 aliphatic rings. The Bertz CT molecular complexity index is 662. The lowest BCUT2D eigenvalue weighted by atomic mass is 10.2. The average Bonchev–Trinajstić information content (AvgIpc) is 2.46. The van der Waals surface area contributed by atoms with E-state index in [4.69, 9.17) is 16.3 Å². The monoisotopic (exact) mass is 292 g/mol. The van der Waals surface area contributed by atoms with E-state index in [1.165, 1.54) is 18.3 Å². The normalized spacial score (nSPS) is 10.1. The van der Waals surface area contributed by atoms with Crippen molar-refractivity contribution in [2.24, 2.45) is 0 Å². The lowest BCUT2D eigenvalue weighted by Crippen LogP contribution is -2.24. The molecule has 0 saturated heterocycles. The van der Waals surface area contributed by atoms with Crippen molar-refractivity contribution >= 4 is 17.5 Å². The van der Waals surface area contributed by atoms with Crippen molar-refractivity contribution in [2.75, 3.05) is 7.11 Å². The highest BCUT2D eigenvalue weighted by molar-refractivity contribution is 6.31. The Labute approximate surface area is 120 Å². The summed E-state index contributed by atoms with van der Waals surface area (Å²) >= 11 is 6.08. The predicted octanol–water partition coefficient (Wildman–Crippen LogP) is 1.97. The number of amides is 1. The Morgan fingerprint density at radius 2 is 2.15 bits per heavy atom. The van der Waals surface area contributed by atoms with Crippen LogP contribution in [0.2, 0.25) is 5.02 Å². The number of halogens is 1. The molecule has 0 spiro atoms. The maximum Gasteiger partial charge on any atom is 0.253 e. The smallest absolute Gasteiger partial charge is 0.253 e. The van der Waals surface area contributed by atoms with Gasteiger partial charge in [-0.05, 0) is 18.2 Å². The minimum atomic E-state index is -0.303. The number of rotatable bonds is 4. The molecular weight excluding hydrogens is 280 g/mol. The summed E-state index contributed by atoms with van der Waals surface area (Å²) in [6, 6.07) is 8.02. The number of methoxy groups -OCH3 is 1. The van der Waals surface area contributed by atoms with Crippen LogP contribution in [0.25, 0.3) is 0 Å². The van der Waals surface area contributed by atoms with Gasteiger partial charge in [0, 0.05) is 29.4 Å². The third-order valence-electron chi connectivity index (χ3n) is 2.77. The summed E-state index contributed by atoms with van der Waals surface area (Å²) in [7, 11) is 1.54. The van der Waals surface area contributed by atoms with Crippen molar-refractivity contribution in [3.8, 4) is 5.75 Å². The number of hydrogen-bond acceptors (Lipinski definition) is 3. The third kappa shape index (κ3) is 3.19. The molecule has 1 aromatic heterocycles. The number of aromatic amines is 1. The summed E-state index contributed by atoms with van der Waals surface area (Å²) in [5.74, 6) is 0.308. The molecule has 104 valence electrons. The number of aromatic nitrogens is 1. The van der Waals surface area contributed by atoms with E-state index in [1.54, 1.807) is 25.3 Å². The molecule has 1 heterocycles. The molecule has 0 atom stereocenters. The van der Waals surface area contributed by atoms with Crippen molar-refractivity contribution in [2.45, 2.75) is 6.54 Å². The number of nitrogens with one attached hydrogen (secondary N) is 2. The lowest BCUT2D eigenvalue weighted by Gasteiger charge is -2.11. The number of pyridine rings is 1. The molecule has 0 unspecified atom stereocenters. The predicted molar refractivity (Wildman–Crippen MR) is 76.2 cm³/mol. The van der Waals surface area contributed by atoms with Gasteiger partial charge in [-0.25, -0.2) is 0 Å². The summed E-state index contributed by atoms with van der Waals surface area (Å²) in [6.07, 6.45) is 1.36. The van der Waals surface area contributed by atoms with Crippen LogP contribution in [-0.4, -0.2) is 18.0 Å². The molecule has 5 nitrogen and oxygen atoms in total. The molecular formula is C14H13ClN2O3. The fourth-order valence-electron chi connectivity index (χ4n) is 1.72. The van der Waals surface area contributed by atoms with Gasteiger partial charge in [0.25, 0.3) is 5.91 Å². The Kier molecular flexibility index (Phi) is 4.42. The molecule has 1 aromatic carbocycles. The molecule has 0 fully saturated rings. The number of benzene rings is 1. The van der Waals surface area contributed by atoms with Crippen molar-refractivity contribution in [3.63, 3.8) is 0 Å². The van der Waals surface area contributed by atoms with Gasteiger partial charge in [0.15, 0.2) is 0 Å². The van der Waals surface area contributed by atoms with Gasteiger partial charge in [0.1, 0.15) is 5.75 Å². The van der Waals surface area contributed by atoms with E-state index < -0.39 is 0 Å². The SMILES string of the molecule is COc1cccc(Cl)c1CNC(=O)c1ccc(=O)[nH]c1. The second-order valence-electron chi connectivity index (χ2n) is 4.04. The fraction of sp³-hybridized carbons (Fsp3) is 0.143. The van der Waals surface area contributed by atoms with Gasteiger partial charge in [-0.2, -0.15) is 0 Å². The van der Waals surface area contributed by atoms with Crippen LogP contribution in [0.5, 0.6) is 5.75 Å². The van der Waals surface area contributed by atoms with E-state index >= 15 is 0 Å². The molecule has 2 N–H and O–H groups in total. The van der Waals surface area contributed by atoms with E-state index in [2.05, 4.69) is 10.3 Å². The van der Waals surface area contributed by atoms with E-state index in [0.717, 1.165) is 0 Å². The van der Waals surface area contributed by atoms with Crippen molar-refractivity contribution in [3.05, 3.63) is 63.0 Å². The van der Waals surface area contributed by atoms with E-state index in [1.807, 2.05) is 0 Å². The number of carbonyl (C=O) groups excluding carboxylic acids is 1. The van der Waals surface area contributed by atoms with Crippen LogP contribution < -0.4 is 15.6 Å². The van der Waals surface area contributed by atoms with Crippen LogP contribution in [0.4, 0.5) is 0 Å². The molecule has 0 saturated carbocycles. The standard InChI is InChI=1S/C14H13ClN2O3/c1-20-12-4-2-3-11(15)10(12)8-17-14(19)9-5-6-13(18)16-7-9/h2-7H,8H2,1H3,(H,16,18)(H,17,19). The minimum Gasteiger partial charge on any atom is -0.496 e. The Morgan fingerprint density at radius 3 is 2.80 bits per heavy atom. The maximum atomic E-state index is 11.9. The average molecular weight is 293 g/mol. The Hall–Kier alpha value is -2.27. The van der Waals surface area contributed by atoms with Crippen LogP contribution in [0.15, 0.2) is 41.3 Å². The van der Waals surface area contributed by atoms with Gasteiger partial charge in [-0.3, -0.25) is 9.59 Å². The molecule has 0 radical (unpaired) electrons. The van der Waals surface area contributed by atoms with E-state index in [9.17, 15) is 9.59 Å². The summed E-state index contributed by atoms with van der Waals surface area (Å²) in [4.78, 5) is 25.3. The first-order valence-corrected chi connectivity index (χ1v) is 6.28. The first-order valence-electron chi connectivity index (χ1n) is 5.90. The fourth-order valence-corrected chi connectivity index (χ4v) is 1.96. The Morgan fingerprint density at radius 1 is 1.35 bits per heavy atom. The van der Waals surface area contributed by atoms with Gasteiger partial charge >= 0.3 is 0 Å². The van der Waals surface area contributed by atoms with Crippen molar-refractivity contribution < 1.29 is 9.53 Å². The van der Waals surface area contributed by atoms with Gasteiger partial charge in [0.2, 0.25) is 5.56 Å². The summed E-state index contributed by atoms with van der Waals surface area (Å²) in [5, 5.41) is 3.24. The highest BCUT2D eigenvalue weighted by Crippen LogP contribution is 2.25. The van der Waals surface area contributed by atoms with Crippen LogP contribution in [0.3, 0.4) is 0 Å². The number of ether oxygens (including phenoxy) is 1. The van der Waals surface area contributed by atoms with Gasteiger partial charge in [-0.15, -0.1) is 0 Å². The molecule has 0 aliphatic carbocycles. The van der Waals surface area contributed by atoms with Crippen LogP contribution in [0, 0.1) is 0 Å². The van der Waals surface area contributed by atoms with Crippen LogP contribution >= 0.6 is 11.6 Å². The number of carbonyl (C=O) groups is 1. The van der Waals surface area contributed by atoms with E-state index in [0.29, 0.717) is 21.9 Å². The van der Waals surface area contributed by atoms with E-state index in [-0.39, 0.29) is 18.0 Å². The highest BCUT2D eigenvalue weighted by atomic mass is 35.5.